The lowest BCUT2D eigenvalue weighted by molar-refractivity contribution is -0.161. The second-order valence-corrected chi connectivity index (χ2v) is 10.9. The van der Waals surface area contributed by atoms with E-state index in [4.69, 9.17) is 4.84 Å². The van der Waals surface area contributed by atoms with E-state index in [1.165, 1.54) is 0 Å². The Hall–Kier alpha value is -1.20. The molecule has 5 fully saturated rings. The van der Waals surface area contributed by atoms with Crippen molar-refractivity contribution in [3.8, 4) is 0 Å². The van der Waals surface area contributed by atoms with Crippen LogP contribution < -0.4 is 5.32 Å². The van der Waals surface area contributed by atoms with Gasteiger partial charge in [0.1, 0.15) is 11.9 Å². The lowest BCUT2D eigenvalue weighted by Crippen LogP contribution is -2.63. The van der Waals surface area contributed by atoms with Crippen molar-refractivity contribution in [2.75, 3.05) is 13.1 Å². The number of carbonyl (C=O) groups excluding carboxylic acids is 1. The van der Waals surface area contributed by atoms with Crippen molar-refractivity contribution in [3.05, 3.63) is 12.2 Å². The number of fused-ring (bicyclic) bond motifs is 5. The van der Waals surface area contributed by atoms with E-state index in [0.29, 0.717) is 30.0 Å². The molecule has 1 heterocycles. The first-order valence-electron chi connectivity index (χ1n) is 11.6. The predicted molar refractivity (Wildman–Crippen MR) is 113 cm³/mol. The maximum absolute atomic E-state index is 12.6. The Bertz CT molecular complexity index is 757. The van der Waals surface area contributed by atoms with E-state index >= 15 is 0 Å². The summed E-state index contributed by atoms with van der Waals surface area (Å²) in [6.07, 6.45) is 8.14. The molecule has 0 aromatic heterocycles. The van der Waals surface area contributed by atoms with Gasteiger partial charge in [0.05, 0.1) is 11.3 Å². The summed E-state index contributed by atoms with van der Waals surface area (Å²) in [5.74, 6) is 1.87. The van der Waals surface area contributed by atoms with Crippen molar-refractivity contribution < 1.29 is 14.7 Å². The molecule has 2 N–H and O–H groups in total. The number of nitrogens with zero attached hydrogens (tertiary/aromatic N) is 1. The lowest BCUT2D eigenvalue weighted by Gasteiger charge is -2.63. The van der Waals surface area contributed by atoms with Crippen molar-refractivity contribution >= 4 is 11.5 Å². The maximum Gasteiger partial charge on any atom is 0.141 e. The lowest BCUT2D eigenvalue weighted by atomic mass is 9.43. The standard InChI is InChI=1S/C24H36N2O3/c1-15-12-18-19-4-5-21(27)22(19,2)9-7-20(18)23(3)10-6-16(13-24(15,23)28)26-29-17-8-11-25-14-17/h17-20,25,28H,1,4-14H2,2-3H3/b26-16-/t17-,18-,19-,20-,22-,23+,24-/m0/s1. The van der Waals surface area contributed by atoms with Gasteiger partial charge in [0.15, 0.2) is 0 Å². The van der Waals surface area contributed by atoms with Gasteiger partial charge in [0, 0.05) is 36.6 Å². The van der Waals surface area contributed by atoms with Crippen LogP contribution in [-0.2, 0) is 9.63 Å². The molecule has 0 aromatic rings. The first kappa shape index (κ1) is 19.7. The van der Waals surface area contributed by atoms with E-state index < -0.39 is 5.60 Å². The quantitative estimate of drug-likeness (QED) is 0.549. The first-order valence-corrected chi connectivity index (χ1v) is 11.6. The fourth-order valence-electron chi connectivity index (χ4n) is 7.75. The molecule has 7 atom stereocenters. The molecule has 160 valence electrons. The molecule has 1 saturated heterocycles. The third-order valence-electron chi connectivity index (χ3n) is 9.72. The number of rotatable bonds is 2. The largest absolute Gasteiger partial charge is 0.391 e. The number of nitrogens with one attached hydrogen (secondary N) is 1. The molecule has 1 aliphatic heterocycles. The monoisotopic (exact) mass is 400 g/mol. The van der Waals surface area contributed by atoms with Crippen molar-refractivity contribution in [1.29, 1.82) is 0 Å². The second-order valence-electron chi connectivity index (χ2n) is 10.9. The fraction of sp³-hybridized carbons (Fsp3) is 0.833. The molecule has 0 amide bonds. The van der Waals surface area contributed by atoms with E-state index in [1.54, 1.807) is 0 Å². The summed E-state index contributed by atoms with van der Waals surface area (Å²) in [7, 11) is 0. The number of aliphatic hydroxyl groups is 1. The maximum atomic E-state index is 12.6. The minimum Gasteiger partial charge on any atom is -0.391 e. The predicted octanol–water partition coefficient (Wildman–Crippen LogP) is 3.61. The van der Waals surface area contributed by atoms with Gasteiger partial charge in [0.25, 0.3) is 0 Å². The SMILES string of the molecule is C=C1C[C@H]2[C@@H]3CCC(=O)[C@@]3(C)CC[C@@H]2[C@@]2(C)CC/C(=N/O[C@H]3CCNC3)C[C@]12O. The number of ketones is 1. The molecular weight excluding hydrogens is 364 g/mol. The average Bonchev–Trinajstić information content (AvgIpc) is 3.31. The normalized spacial score (nSPS) is 50.9. The van der Waals surface area contributed by atoms with E-state index in [-0.39, 0.29) is 16.9 Å². The smallest absolute Gasteiger partial charge is 0.141 e. The van der Waals surface area contributed by atoms with E-state index in [2.05, 4.69) is 30.9 Å². The third kappa shape index (κ3) is 2.72. The van der Waals surface area contributed by atoms with Crippen LogP contribution in [0.15, 0.2) is 17.3 Å². The van der Waals surface area contributed by atoms with Gasteiger partial charge < -0.3 is 15.3 Å². The zero-order valence-corrected chi connectivity index (χ0v) is 18.0. The highest BCUT2D eigenvalue weighted by Gasteiger charge is 2.65. The zero-order chi connectivity index (χ0) is 20.4. The van der Waals surface area contributed by atoms with Crippen LogP contribution in [0.5, 0.6) is 0 Å². The Morgan fingerprint density at radius 2 is 2.00 bits per heavy atom. The zero-order valence-electron chi connectivity index (χ0n) is 18.0. The highest BCUT2D eigenvalue weighted by Crippen LogP contribution is 2.67. The molecule has 5 rings (SSSR count). The Morgan fingerprint density at radius 1 is 1.17 bits per heavy atom. The number of Topliss-reactive ketones (excluding diaryl/α,β-unsaturated/α-hetero) is 1. The van der Waals surface area contributed by atoms with Crippen LogP contribution in [0.3, 0.4) is 0 Å². The molecule has 0 bridgehead atoms. The molecule has 29 heavy (non-hydrogen) atoms. The number of carbonyl (C=O) groups is 1. The molecule has 4 saturated carbocycles. The summed E-state index contributed by atoms with van der Waals surface area (Å²) in [4.78, 5) is 18.4. The highest BCUT2D eigenvalue weighted by atomic mass is 16.6. The van der Waals surface area contributed by atoms with Gasteiger partial charge in [-0.25, -0.2) is 0 Å². The van der Waals surface area contributed by atoms with Gasteiger partial charge >= 0.3 is 0 Å². The van der Waals surface area contributed by atoms with Gasteiger partial charge in [-0.3, -0.25) is 4.79 Å². The van der Waals surface area contributed by atoms with Crippen LogP contribution in [0.2, 0.25) is 0 Å². The van der Waals surface area contributed by atoms with Gasteiger partial charge in [0.2, 0.25) is 0 Å². The third-order valence-corrected chi connectivity index (χ3v) is 9.72. The van der Waals surface area contributed by atoms with Crippen LogP contribution in [0.4, 0.5) is 0 Å². The minimum atomic E-state index is -0.904. The molecule has 5 nitrogen and oxygen atoms in total. The van der Waals surface area contributed by atoms with Crippen LogP contribution in [0.1, 0.15) is 71.6 Å². The Kier molecular flexibility index (Phi) is 4.53. The summed E-state index contributed by atoms with van der Waals surface area (Å²) >= 11 is 0. The van der Waals surface area contributed by atoms with Crippen LogP contribution in [0, 0.1) is 28.6 Å². The topological polar surface area (TPSA) is 70.9 Å². The van der Waals surface area contributed by atoms with Crippen molar-refractivity contribution in [2.24, 2.45) is 33.7 Å². The fourth-order valence-corrected chi connectivity index (χ4v) is 7.75. The van der Waals surface area contributed by atoms with Crippen LogP contribution in [-0.4, -0.2) is 41.4 Å². The Morgan fingerprint density at radius 3 is 2.76 bits per heavy atom. The molecule has 0 spiro atoms. The van der Waals surface area contributed by atoms with Gasteiger partial charge in [-0.1, -0.05) is 25.6 Å². The number of oxime groups is 1. The summed E-state index contributed by atoms with van der Waals surface area (Å²) in [6, 6.07) is 0. The molecule has 0 unspecified atom stereocenters. The summed E-state index contributed by atoms with van der Waals surface area (Å²) in [5, 5.41) is 19.7. The summed E-state index contributed by atoms with van der Waals surface area (Å²) in [5.41, 5.74) is 0.706. The number of hydrogen-bond donors (Lipinski definition) is 2. The van der Waals surface area contributed by atoms with E-state index in [9.17, 15) is 9.90 Å². The molecular formula is C24H36N2O3. The van der Waals surface area contributed by atoms with Crippen molar-refractivity contribution in [3.63, 3.8) is 0 Å². The molecule has 5 aliphatic rings. The van der Waals surface area contributed by atoms with Gasteiger partial charge in [-0.05, 0) is 68.4 Å². The van der Waals surface area contributed by atoms with E-state index in [1.807, 2.05) is 0 Å². The number of hydrogen-bond acceptors (Lipinski definition) is 5. The molecule has 5 heteroatoms. The Labute approximate surface area is 174 Å². The highest BCUT2D eigenvalue weighted by molar-refractivity contribution is 5.88. The molecule has 0 aromatic carbocycles. The van der Waals surface area contributed by atoms with Crippen molar-refractivity contribution in [1.82, 2.24) is 5.32 Å². The first-order chi connectivity index (χ1) is 13.8. The minimum absolute atomic E-state index is 0.141. The summed E-state index contributed by atoms with van der Waals surface area (Å²) < 4.78 is 0. The van der Waals surface area contributed by atoms with Gasteiger partial charge in [-0.15, -0.1) is 0 Å². The van der Waals surface area contributed by atoms with Crippen LogP contribution >= 0.6 is 0 Å². The van der Waals surface area contributed by atoms with Crippen LogP contribution in [0.25, 0.3) is 0 Å². The average molecular weight is 401 g/mol. The molecule has 4 aliphatic carbocycles. The van der Waals surface area contributed by atoms with Crippen molar-refractivity contribution in [2.45, 2.75) is 83.3 Å². The molecule has 0 radical (unpaired) electrons. The Balaban J connectivity index is 1.40. The second kappa shape index (κ2) is 6.65. The summed E-state index contributed by atoms with van der Waals surface area (Å²) in [6.45, 7) is 10.7. The van der Waals surface area contributed by atoms with E-state index in [0.717, 1.165) is 75.7 Å². The van der Waals surface area contributed by atoms with Gasteiger partial charge in [-0.2, -0.15) is 0 Å².